The first-order chi connectivity index (χ1) is 25.3. The van der Waals surface area contributed by atoms with E-state index in [1.54, 1.807) is 0 Å². The smallest absolute Gasteiger partial charge is 0.0316 e. The molecule has 0 aliphatic heterocycles. The highest BCUT2D eigenvalue weighted by Gasteiger charge is 2.38. The van der Waals surface area contributed by atoms with E-state index in [9.17, 15) is 0 Å². The van der Waals surface area contributed by atoms with Gasteiger partial charge < -0.3 is 11.5 Å². The second kappa shape index (κ2) is 19.5. The van der Waals surface area contributed by atoms with Gasteiger partial charge in [-0.05, 0) is 127 Å². The summed E-state index contributed by atoms with van der Waals surface area (Å²) in [6.45, 7) is 11.3. The van der Waals surface area contributed by atoms with Crippen LogP contribution in [-0.4, -0.2) is 0 Å². The number of benzene rings is 4. The molecule has 0 aromatic heterocycles. The second-order valence-corrected chi connectivity index (χ2v) is 16.4. The predicted molar refractivity (Wildman–Crippen MR) is 228 cm³/mol. The van der Waals surface area contributed by atoms with Crippen LogP contribution in [0.15, 0.2) is 84.9 Å². The summed E-state index contributed by atoms with van der Waals surface area (Å²) in [5.74, 6) is 1.64. The molecule has 0 saturated heterocycles. The number of unbranched alkanes of at least 4 members (excludes halogenated alkanes) is 7. The van der Waals surface area contributed by atoms with E-state index in [1.807, 2.05) is 0 Å². The van der Waals surface area contributed by atoms with Crippen molar-refractivity contribution in [3.05, 3.63) is 129 Å². The number of nitrogen functional groups attached to an aromatic ring is 2. The predicted octanol–water partition coefficient (Wildman–Crippen LogP) is 14.3. The first kappa shape index (κ1) is 39.7. The average molecular weight is 699 g/mol. The van der Waals surface area contributed by atoms with E-state index < -0.39 is 0 Å². The topological polar surface area (TPSA) is 52.0 Å². The van der Waals surface area contributed by atoms with Gasteiger partial charge in [-0.15, -0.1) is 0 Å². The summed E-state index contributed by atoms with van der Waals surface area (Å²) in [4.78, 5) is 0. The molecule has 2 atom stereocenters. The van der Waals surface area contributed by atoms with Crippen molar-refractivity contribution in [1.29, 1.82) is 0 Å². The normalized spacial score (nSPS) is 18.7. The number of hydrogen-bond acceptors (Lipinski definition) is 2. The number of rotatable bonds is 19. The van der Waals surface area contributed by atoms with Crippen LogP contribution in [0.4, 0.5) is 11.4 Å². The Morgan fingerprint density at radius 3 is 1.37 bits per heavy atom. The summed E-state index contributed by atoms with van der Waals surface area (Å²) < 4.78 is 0. The zero-order chi connectivity index (χ0) is 36.9. The highest BCUT2D eigenvalue weighted by molar-refractivity contribution is 5.51. The van der Waals surface area contributed by atoms with Crippen LogP contribution in [0.1, 0.15) is 186 Å². The van der Waals surface area contributed by atoms with E-state index in [0.717, 1.165) is 43.0 Å². The lowest BCUT2D eigenvalue weighted by Gasteiger charge is -2.42. The molecule has 0 radical (unpaired) electrons. The van der Waals surface area contributed by atoms with Crippen LogP contribution in [0, 0.1) is 19.8 Å². The van der Waals surface area contributed by atoms with Gasteiger partial charge in [0.15, 0.2) is 0 Å². The maximum atomic E-state index is 6.16. The minimum atomic E-state index is 0.0571. The Labute approximate surface area is 318 Å². The Morgan fingerprint density at radius 1 is 0.538 bits per heavy atom. The molecule has 5 rings (SSSR count). The molecule has 0 amide bonds. The molecule has 1 aliphatic carbocycles. The lowest BCUT2D eigenvalue weighted by molar-refractivity contribution is 0.250. The van der Waals surface area contributed by atoms with Crippen molar-refractivity contribution in [3.8, 4) is 0 Å². The highest BCUT2D eigenvalue weighted by Crippen LogP contribution is 2.48. The third-order valence-corrected chi connectivity index (χ3v) is 12.6. The summed E-state index contributed by atoms with van der Waals surface area (Å²) >= 11 is 0. The number of hydrogen-bond donors (Lipinski definition) is 2. The molecule has 4 aromatic rings. The Hall–Kier alpha value is -3.52. The minimum Gasteiger partial charge on any atom is -0.399 e. The standard InChI is InChI=1S/C50H70N2/c1-6-9-10-11-12-13-14-15-18-39-31-33-50(34-32-39,42-23-19-40(20-24-42)48(16-7-2)46-29-27-44(51)35-37(46)4)43-25-21-41(22-26-43)49(17-8-3)47-30-28-45(52)36-38(47)5/h19-30,35-36,39,48-49H,6-18,31-34,51-52H2,1-5H3. The van der Waals surface area contributed by atoms with Gasteiger partial charge in [0.2, 0.25) is 0 Å². The van der Waals surface area contributed by atoms with E-state index in [0.29, 0.717) is 11.8 Å². The van der Waals surface area contributed by atoms with Gasteiger partial charge in [0.25, 0.3) is 0 Å². The Morgan fingerprint density at radius 2 is 0.962 bits per heavy atom. The van der Waals surface area contributed by atoms with E-state index in [-0.39, 0.29) is 5.41 Å². The fraction of sp³-hybridized carbons (Fsp3) is 0.520. The minimum absolute atomic E-state index is 0.0571. The third-order valence-electron chi connectivity index (χ3n) is 12.6. The number of nitrogens with two attached hydrogens (primary N) is 2. The molecule has 1 aliphatic rings. The molecule has 0 heterocycles. The van der Waals surface area contributed by atoms with Gasteiger partial charge in [0.1, 0.15) is 0 Å². The van der Waals surface area contributed by atoms with Gasteiger partial charge in [-0.1, -0.05) is 152 Å². The lowest BCUT2D eigenvalue weighted by Crippen LogP contribution is -2.33. The molecule has 2 heteroatoms. The van der Waals surface area contributed by atoms with Crippen molar-refractivity contribution >= 4 is 11.4 Å². The summed E-state index contributed by atoms with van der Waals surface area (Å²) in [5.41, 5.74) is 25.3. The molecule has 280 valence electrons. The molecule has 4 aromatic carbocycles. The molecule has 2 nitrogen and oxygen atoms in total. The van der Waals surface area contributed by atoms with Crippen molar-refractivity contribution in [2.45, 2.75) is 161 Å². The van der Waals surface area contributed by atoms with Crippen LogP contribution < -0.4 is 11.5 Å². The first-order valence-electron chi connectivity index (χ1n) is 21.2. The van der Waals surface area contributed by atoms with Crippen LogP contribution in [0.3, 0.4) is 0 Å². The monoisotopic (exact) mass is 699 g/mol. The van der Waals surface area contributed by atoms with Crippen LogP contribution in [0.5, 0.6) is 0 Å². The van der Waals surface area contributed by atoms with Crippen LogP contribution in [0.2, 0.25) is 0 Å². The van der Waals surface area contributed by atoms with Crippen molar-refractivity contribution in [2.75, 3.05) is 11.5 Å². The Balaban J connectivity index is 1.39. The Kier molecular flexibility index (Phi) is 14.9. The van der Waals surface area contributed by atoms with Crippen LogP contribution in [0.25, 0.3) is 0 Å². The van der Waals surface area contributed by atoms with E-state index in [4.69, 9.17) is 11.5 Å². The zero-order valence-electron chi connectivity index (χ0n) is 33.5. The van der Waals surface area contributed by atoms with Crippen LogP contribution >= 0.6 is 0 Å². The number of anilines is 2. The van der Waals surface area contributed by atoms with Gasteiger partial charge in [0, 0.05) is 28.6 Å². The van der Waals surface area contributed by atoms with Gasteiger partial charge in [-0.3, -0.25) is 0 Å². The SMILES string of the molecule is CCCCCCCCCCC1CCC(c2ccc(C(CCC)c3ccc(N)cc3C)cc2)(c2ccc(C(CCC)c3ccc(N)cc3C)cc2)CC1. The van der Waals surface area contributed by atoms with Gasteiger partial charge in [-0.25, -0.2) is 0 Å². The molecular formula is C50H70N2. The van der Waals surface area contributed by atoms with E-state index in [1.165, 1.54) is 128 Å². The van der Waals surface area contributed by atoms with Gasteiger partial charge in [0.05, 0.1) is 0 Å². The van der Waals surface area contributed by atoms with Crippen molar-refractivity contribution < 1.29 is 0 Å². The molecule has 1 saturated carbocycles. The molecule has 52 heavy (non-hydrogen) atoms. The average Bonchev–Trinajstić information content (AvgIpc) is 3.15. The van der Waals surface area contributed by atoms with E-state index >= 15 is 0 Å². The molecule has 0 spiro atoms. The lowest BCUT2D eigenvalue weighted by atomic mass is 9.62. The summed E-state index contributed by atoms with van der Waals surface area (Å²) in [5, 5.41) is 0. The largest absolute Gasteiger partial charge is 0.399 e. The molecule has 1 fully saturated rings. The second-order valence-electron chi connectivity index (χ2n) is 16.4. The fourth-order valence-corrected chi connectivity index (χ4v) is 9.60. The molecule has 4 N–H and O–H groups in total. The molecule has 2 unspecified atom stereocenters. The third kappa shape index (κ3) is 9.91. The summed E-state index contributed by atoms with van der Waals surface area (Å²) in [7, 11) is 0. The number of aryl methyl sites for hydroxylation is 2. The zero-order valence-corrected chi connectivity index (χ0v) is 33.5. The summed E-state index contributed by atoms with van der Waals surface area (Å²) in [6.07, 6.45) is 22.4. The van der Waals surface area contributed by atoms with Crippen molar-refractivity contribution in [1.82, 2.24) is 0 Å². The fourth-order valence-electron chi connectivity index (χ4n) is 9.60. The summed E-state index contributed by atoms with van der Waals surface area (Å²) in [6, 6.07) is 32.7. The highest BCUT2D eigenvalue weighted by atomic mass is 14.5. The molecular weight excluding hydrogens is 629 g/mol. The van der Waals surface area contributed by atoms with Gasteiger partial charge >= 0.3 is 0 Å². The van der Waals surface area contributed by atoms with Crippen molar-refractivity contribution in [2.24, 2.45) is 5.92 Å². The van der Waals surface area contributed by atoms with E-state index in [2.05, 4.69) is 120 Å². The van der Waals surface area contributed by atoms with Crippen LogP contribution in [-0.2, 0) is 5.41 Å². The Bertz CT molecular complexity index is 1530. The van der Waals surface area contributed by atoms with Crippen molar-refractivity contribution in [3.63, 3.8) is 0 Å². The van der Waals surface area contributed by atoms with Gasteiger partial charge in [-0.2, -0.15) is 0 Å². The first-order valence-corrected chi connectivity index (χ1v) is 21.2. The quantitative estimate of drug-likeness (QED) is 0.0756. The molecule has 0 bridgehead atoms. The maximum absolute atomic E-state index is 6.16. The maximum Gasteiger partial charge on any atom is 0.0316 e.